The second kappa shape index (κ2) is 5.43. The lowest BCUT2D eigenvalue weighted by atomic mass is 9.64. The zero-order valence-electron chi connectivity index (χ0n) is 13.5. The molecule has 0 amide bonds. The highest BCUT2D eigenvalue weighted by molar-refractivity contribution is 5.77. The Balaban J connectivity index is 2.73. The monoisotopic (exact) mass is 269 g/mol. The van der Waals surface area contributed by atoms with Gasteiger partial charge in [-0.25, -0.2) is 0 Å². The van der Waals surface area contributed by atoms with E-state index in [1.54, 1.807) is 0 Å². The minimum atomic E-state index is -0.449. The fourth-order valence-electron chi connectivity index (χ4n) is 2.91. The molecule has 112 valence electrons. The van der Waals surface area contributed by atoms with E-state index >= 15 is 0 Å². The van der Waals surface area contributed by atoms with Crippen LogP contribution in [-0.4, -0.2) is 18.1 Å². The number of hydrogen-bond acceptors (Lipinski definition) is 3. The topological polar surface area (TPSA) is 52.3 Å². The van der Waals surface area contributed by atoms with E-state index in [0.717, 1.165) is 25.7 Å². The molecule has 19 heavy (non-hydrogen) atoms. The fourth-order valence-corrected chi connectivity index (χ4v) is 2.91. The number of carbonyl (C=O) groups is 1. The van der Waals surface area contributed by atoms with E-state index in [1.165, 1.54) is 0 Å². The van der Waals surface area contributed by atoms with E-state index in [2.05, 4.69) is 20.8 Å². The largest absolute Gasteiger partial charge is 0.460 e. The van der Waals surface area contributed by atoms with E-state index < -0.39 is 11.0 Å². The zero-order valence-corrected chi connectivity index (χ0v) is 13.5. The maximum atomic E-state index is 12.4. The average Bonchev–Trinajstić information content (AvgIpc) is 2.25. The van der Waals surface area contributed by atoms with Crippen molar-refractivity contribution in [2.24, 2.45) is 22.5 Å². The first-order valence-electron chi connectivity index (χ1n) is 7.44. The van der Waals surface area contributed by atoms with Gasteiger partial charge in [0, 0.05) is 6.54 Å². The summed E-state index contributed by atoms with van der Waals surface area (Å²) in [7, 11) is 0. The van der Waals surface area contributed by atoms with Crippen molar-refractivity contribution in [3.63, 3.8) is 0 Å². The minimum absolute atomic E-state index is 0.102. The summed E-state index contributed by atoms with van der Waals surface area (Å²) in [5.41, 5.74) is 5.35. The standard InChI is InChI=1S/C16H31NO2/c1-14(2,3)12-7-9-16(11-17,10-8-12)13(18)19-15(4,5)6/h12H,7-11,17H2,1-6H3. The molecule has 1 rings (SSSR count). The van der Waals surface area contributed by atoms with Crippen molar-refractivity contribution in [1.82, 2.24) is 0 Å². The predicted molar refractivity (Wildman–Crippen MR) is 78.7 cm³/mol. The predicted octanol–water partition coefficient (Wildman–Crippen LogP) is 3.51. The lowest BCUT2D eigenvalue weighted by Gasteiger charge is -2.42. The highest BCUT2D eigenvalue weighted by atomic mass is 16.6. The van der Waals surface area contributed by atoms with E-state index in [4.69, 9.17) is 10.5 Å². The normalized spacial score (nSPS) is 29.1. The van der Waals surface area contributed by atoms with Gasteiger partial charge in [0.1, 0.15) is 5.60 Å². The van der Waals surface area contributed by atoms with Crippen molar-refractivity contribution >= 4 is 5.97 Å². The number of rotatable bonds is 2. The van der Waals surface area contributed by atoms with E-state index in [-0.39, 0.29) is 5.97 Å². The van der Waals surface area contributed by atoms with Gasteiger partial charge in [0.25, 0.3) is 0 Å². The van der Waals surface area contributed by atoms with Crippen molar-refractivity contribution in [1.29, 1.82) is 0 Å². The van der Waals surface area contributed by atoms with Gasteiger partial charge in [-0.05, 0) is 57.8 Å². The van der Waals surface area contributed by atoms with Crippen LogP contribution in [0.5, 0.6) is 0 Å². The molecular formula is C16H31NO2. The molecule has 1 fully saturated rings. The van der Waals surface area contributed by atoms with Crippen LogP contribution in [0.25, 0.3) is 0 Å². The molecule has 0 saturated heterocycles. The SMILES string of the molecule is CC(C)(C)OC(=O)C1(CN)CCC(C(C)(C)C)CC1. The van der Waals surface area contributed by atoms with Gasteiger partial charge in [0.05, 0.1) is 5.41 Å². The summed E-state index contributed by atoms with van der Waals surface area (Å²) in [6.45, 7) is 13.0. The summed E-state index contributed by atoms with van der Waals surface area (Å²) in [6.07, 6.45) is 3.86. The third-order valence-electron chi connectivity index (χ3n) is 4.39. The van der Waals surface area contributed by atoms with Crippen LogP contribution in [0.4, 0.5) is 0 Å². The molecule has 0 aromatic rings. The molecule has 0 unspecified atom stereocenters. The first-order valence-corrected chi connectivity index (χ1v) is 7.44. The van der Waals surface area contributed by atoms with Gasteiger partial charge >= 0.3 is 5.97 Å². The van der Waals surface area contributed by atoms with Crippen LogP contribution in [0.1, 0.15) is 67.2 Å². The first kappa shape index (κ1) is 16.5. The van der Waals surface area contributed by atoms with E-state index in [9.17, 15) is 4.79 Å². The summed E-state index contributed by atoms with van der Waals surface area (Å²) < 4.78 is 5.57. The molecular weight excluding hydrogens is 238 g/mol. The molecule has 1 aliphatic rings. The van der Waals surface area contributed by atoms with Gasteiger partial charge in [0.2, 0.25) is 0 Å². The van der Waals surface area contributed by atoms with Crippen LogP contribution in [0.3, 0.4) is 0 Å². The molecule has 0 atom stereocenters. The number of carbonyl (C=O) groups excluding carboxylic acids is 1. The van der Waals surface area contributed by atoms with Crippen molar-refractivity contribution in [2.75, 3.05) is 6.54 Å². The lowest BCUT2D eigenvalue weighted by Crippen LogP contribution is -2.46. The zero-order chi connectivity index (χ0) is 14.9. The van der Waals surface area contributed by atoms with Gasteiger partial charge < -0.3 is 10.5 Å². The van der Waals surface area contributed by atoms with E-state index in [0.29, 0.717) is 17.9 Å². The summed E-state index contributed by atoms with van der Waals surface area (Å²) in [6, 6.07) is 0. The number of esters is 1. The Kier molecular flexibility index (Phi) is 4.71. The summed E-state index contributed by atoms with van der Waals surface area (Å²) in [5.74, 6) is 0.574. The van der Waals surface area contributed by atoms with Crippen molar-refractivity contribution in [3.8, 4) is 0 Å². The van der Waals surface area contributed by atoms with Gasteiger partial charge in [0.15, 0.2) is 0 Å². The van der Waals surface area contributed by atoms with Crippen molar-refractivity contribution in [3.05, 3.63) is 0 Å². The molecule has 1 saturated carbocycles. The van der Waals surface area contributed by atoms with Crippen molar-refractivity contribution in [2.45, 2.75) is 72.8 Å². The van der Waals surface area contributed by atoms with Crippen LogP contribution in [0, 0.1) is 16.7 Å². The Morgan fingerprint density at radius 3 is 1.95 bits per heavy atom. The number of nitrogens with two attached hydrogens (primary N) is 1. The first-order chi connectivity index (χ1) is 8.50. The van der Waals surface area contributed by atoms with E-state index in [1.807, 2.05) is 20.8 Å². The average molecular weight is 269 g/mol. The summed E-state index contributed by atoms with van der Waals surface area (Å²) in [4.78, 5) is 12.4. The van der Waals surface area contributed by atoms with Crippen LogP contribution < -0.4 is 5.73 Å². The number of hydrogen-bond donors (Lipinski definition) is 1. The van der Waals surface area contributed by atoms with Gasteiger partial charge in [-0.3, -0.25) is 4.79 Å². The molecule has 1 aliphatic carbocycles. The smallest absolute Gasteiger partial charge is 0.313 e. The molecule has 0 heterocycles. The summed E-state index contributed by atoms with van der Waals surface area (Å²) in [5, 5.41) is 0. The molecule has 0 bridgehead atoms. The minimum Gasteiger partial charge on any atom is -0.460 e. The quantitative estimate of drug-likeness (QED) is 0.780. The van der Waals surface area contributed by atoms with Crippen LogP contribution >= 0.6 is 0 Å². The van der Waals surface area contributed by atoms with Gasteiger partial charge in [-0.15, -0.1) is 0 Å². The number of ether oxygens (including phenoxy) is 1. The highest BCUT2D eigenvalue weighted by Crippen LogP contribution is 2.45. The molecule has 0 aromatic heterocycles. The lowest BCUT2D eigenvalue weighted by molar-refractivity contribution is -0.170. The molecule has 0 radical (unpaired) electrons. The van der Waals surface area contributed by atoms with Crippen molar-refractivity contribution < 1.29 is 9.53 Å². The van der Waals surface area contributed by atoms with Gasteiger partial charge in [-0.1, -0.05) is 20.8 Å². The molecule has 0 aliphatic heterocycles. The summed E-state index contributed by atoms with van der Waals surface area (Å²) >= 11 is 0. The maximum absolute atomic E-state index is 12.4. The van der Waals surface area contributed by atoms with Crippen LogP contribution in [0.15, 0.2) is 0 Å². The molecule has 3 nitrogen and oxygen atoms in total. The second-order valence-electron chi connectivity index (χ2n) is 8.13. The Morgan fingerprint density at radius 2 is 1.63 bits per heavy atom. The fraction of sp³-hybridized carbons (Fsp3) is 0.938. The third-order valence-corrected chi connectivity index (χ3v) is 4.39. The Bertz CT molecular complexity index is 315. The molecule has 3 heteroatoms. The third kappa shape index (κ3) is 4.20. The maximum Gasteiger partial charge on any atom is 0.313 e. The molecule has 0 spiro atoms. The Morgan fingerprint density at radius 1 is 1.16 bits per heavy atom. The Labute approximate surface area is 118 Å². The van der Waals surface area contributed by atoms with Crippen LogP contribution in [-0.2, 0) is 9.53 Å². The molecule has 0 aromatic carbocycles. The highest BCUT2D eigenvalue weighted by Gasteiger charge is 2.45. The van der Waals surface area contributed by atoms with Gasteiger partial charge in [-0.2, -0.15) is 0 Å². The molecule has 2 N–H and O–H groups in total. The Hall–Kier alpha value is -0.570. The van der Waals surface area contributed by atoms with Crippen LogP contribution in [0.2, 0.25) is 0 Å². The second-order valence-corrected chi connectivity index (χ2v) is 8.13.